The Morgan fingerprint density at radius 3 is 1.81 bits per heavy atom. The molecule has 0 radical (unpaired) electrons. The predicted octanol–water partition coefficient (Wildman–Crippen LogP) is 14.1. The summed E-state index contributed by atoms with van der Waals surface area (Å²) in [5.41, 5.74) is 9.04. The lowest BCUT2D eigenvalue weighted by atomic mass is 10.0. The van der Waals surface area contributed by atoms with Gasteiger partial charge < -0.3 is 13.4 Å². The third-order valence-electron chi connectivity index (χ3n) is 11.8. The van der Waals surface area contributed by atoms with Gasteiger partial charge in [-0.2, -0.15) is 0 Å². The summed E-state index contributed by atoms with van der Waals surface area (Å²) in [5, 5.41) is 11.1. The van der Waals surface area contributed by atoms with Crippen LogP contribution in [0.15, 0.2) is 191 Å². The molecule has 13 rings (SSSR count). The molecule has 0 unspecified atom stereocenters. The third-order valence-corrected chi connectivity index (χ3v) is 11.8. The van der Waals surface area contributed by atoms with E-state index in [1.807, 2.05) is 72.8 Å². The summed E-state index contributed by atoms with van der Waals surface area (Å²) in [7, 11) is 0. The van der Waals surface area contributed by atoms with E-state index in [1.54, 1.807) is 0 Å². The van der Waals surface area contributed by atoms with Crippen LogP contribution in [-0.4, -0.2) is 19.5 Å². The maximum Gasteiger partial charge on any atom is 0.164 e. The molecular weight excluding hydrogens is 725 g/mol. The summed E-state index contributed by atoms with van der Waals surface area (Å²) < 4.78 is 15.4. The second kappa shape index (κ2) is 12.2. The van der Waals surface area contributed by atoms with E-state index in [4.69, 9.17) is 23.8 Å². The minimum absolute atomic E-state index is 0.556. The Hall–Kier alpha value is -8.09. The van der Waals surface area contributed by atoms with Gasteiger partial charge in [0.05, 0.1) is 16.7 Å². The fourth-order valence-electron chi connectivity index (χ4n) is 9.08. The first-order valence-electron chi connectivity index (χ1n) is 19.8. The highest BCUT2D eigenvalue weighted by Crippen LogP contribution is 2.43. The SMILES string of the molecule is c1ccc(-c2nc(-c3ccc4oc5ccccc5c4c3)nc(-c3cc(-n4c5cc6ccccc6cc5c5ccc6ccccc6c54)cc4oc5ccccc5c34)n2)cc1. The zero-order valence-electron chi connectivity index (χ0n) is 31.4. The molecule has 0 saturated carbocycles. The normalized spacial score (nSPS) is 12.1. The van der Waals surface area contributed by atoms with Gasteiger partial charge in [0, 0.05) is 60.5 Å². The van der Waals surface area contributed by atoms with E-state index >= 15 is 0 Å². The molecule has 0 aliphatic carbocycles. The molecule has 9 aromatic carbocycles. The maximum atomic E-state index is 6.75. The van der Waals surface area contributed by atoms with Crippen molar-refractivity contribution in [1.82, 2.24) is 19.5 Å². The molecule has 0 aliphatic heterocycles. The monoisotopic (exact) mass is 754 g/mol. The summed E-state index contributed by atoms with van der Waals surface area (Å²) in [6, 6.07) is 63.4. The van der Waals surface area contributed by atoms with E-state index in [-0.39, 0.29) is 0 Å². The van der Waals surface area contributed by atoms with Crippen molar-refractivity contribution < 1.29 is 8.83 Å². The van der Waals surface area contributed by atoms with Gasteiger partial charge in [-0.05, 0) is 64.7 Å². The average molecular weight is 755 g/mol. The van der Waals surface area contributed by atoms with E-state index in [2.05, 4.69) is 114 Å². The molecule has 0 aliphatic rings. The van der Waals surface area contributed by atoms with Crippen molar-refractivity contribution in [2.75, 3.05) is 0 Å². The molecule has 0 fully saturated rings. The Morgan fingerprint density at radius 1 is 0.356 bits per heavy atom. The highest BCUT2D eigenvalue weighted by molar-refractivity contribution is 6.21. The fraction of sp³-hybridized carbons (Fsp3) is 0. The smallest absolute Gasteiger partial charge is 0.164 e. The summed E-state index contributed by atoms with van der Waals surface area (Å²) >= 11 is 0. The molecule has 13 aromatic rings. The van der Waals surface area contributed by atoms with Gasteiger partial charge in [-0.15, -0.1) is 0 Å². The molecule has 4 aromatic heterocycles. The molecule has 0 amide bonds. The number of nitrogens with zero attached hydrogens (tertiary/aromatic N) is 4. The van der Waals surface area contributed by atoms with Gasteiger partial charge in [-0.25, -0.2) is 15.0 Å². The number of rotatable bonds is 4. The maximum absolute atomic E-state index is 6.75. The van der Waals surface area contributed by atoms with Crippen molar-refractivity contribution in [3.05, 3.63) is 182 Å². The fourth-order valence-corrected chi connectivity index (χ4v) is 9.08. The highest BCUT2D eigenvalue weighted by atomic mass is 16.3. The first-order valence-corrected chi connectivity index (χ1v) is 19.8. The van der Waals surface area contributed by atoms with Crippen LogP contribution in [0.25, 0.3) is 127 Å². The number of hydrogen-bond acceptors (Lipinski definition) is 5. The van der Waals surface area contributed by atoms with Crippen LogP contribution >= 0.6 is 0 Å². The highest BCUT2D eigenvalue weighted by Gasteiger charge is 2.23. The quantitative estimate of drug-likeness (QED) is 0.179. The number of benzene rings is 9. The van der Waals surface area contributed by atoms with Crippen molar-refractivity contribution in [1.29, 1.82) is 0 Å². The number of para-hydroxylation sites is 2. The summed E-state index contributed by atoms with van der Waals surface area (Å²) in [6.07, 6.45) is 0. The second-order valence-corrected chi connectivity index (χ2v) is 15.2. The Labute approximate surface area is 336 Å². The molecule has 274 valence electrons. The van der Waals surface area contributed by atoms with Crippen LogP contribution in [-0.2, 0) is 0 Å². The molecule has 0 saturated heterocycles. The summed E-state index contributed by atoms with van der Waals surface area (Å²) in [6.45, 7) is 0. The van der Waals surface area contributed by atoms with E-state index < -0.39 is 0 Å². The molecule has 6 heteroatoms. The van der Waals surface area contributed by atoms with Crippen LogP contribution < -0.4 is 0 Å². The van der Waals surface area contributed by atoms with E-state index in [0.717, 1.165) is 77.3 Å². The van der Waals surface area contributed by atoms with Crippen LogP contribution in [0.3, 0.4) is 0 Å². The third kappa shape index (κ3) is 4.84. The van der Waals surface area contributed by atoms with Crippen LogP contribution in [0, 0.1) is 0 Å². The first kappa shape index (κ1) is 32.0. The van der Waals surface area contributed by atoms with Gasteiger partial charge in [-0.3, -0.25) is 0 Å². The van der Waals surface area contributed by atoms with E-state index in [9.17, 15) is 0 Å². The van der Waals surface area contributed by atoms with Crippen molar-refractivity contribution >= 4 is 87.2 Å². The lowest BCUT2D eigenvalue weighted by molar-refractivity contribution is 0.668. The van der Waals surface area contributed by atoms with Gasteiger partial charge in [0.2, 0.25) is 0 Å². The first-order chi connectivity index (χ1) is 29.2. The van der Waals surface area contributed by atoms with Gasteiger partial charge in [0.15, 0.2) is 17.5 Å². The van der Waals surface area contributed by atoms with Gasteiger partial charge in [-0.1, -0.05) is 127 Å². The largest absolute Gasteiger partial charge is 0.456 e. The molecule has 0 bridgehead atoms. The molecule has 0 spiro atoms. The average Bonchev–Trinajstić information content (AvgIpc) is 3.97. The minimum Gasteiger partial charge on any atom is -0.456 e. The molecule has 0 atom stereocenters. The van der Waals surface area contributed by atoms with Crippen molar-refractivity contribution in [3.63, 3.8) is 0 Å². The van der Waals surface area contributed by atoms with Crippen LogP contribution in [0.2, 0.25) is 0 Å². The summed E-state index contributed by atoms with van der Waals surface area (Å²) in [5.74, 6) is 1.71. The lowest BCUT2D eigenvalue weighted by Gasteiger charge is -2.14. The van der Waals surface area contributed by atoms with Crippen LogP contribution in [0.4, 0.5) is 0 Å². The number of furan rings is 2. The van der Waals surface area contributed by atoms with Gasteiger partial charge >= 0.3 is 0 Å². The molecule has 4 heterocycles. The number of aromatic nitrogens is 4. The van der Waals surface area contributed by atoms with Crippen LogP contribution in [0.5, 0.6) is 0 Å². The molecule has 6 nitrogen and oxygen atoms in total. The van der Waals surface area contributed by atoms with Crippen molar-refractivity contribution in [3.8, 4) is 39.9 Å². The van der Waals surface area contributed by atoms with Crippen molar-refractivity contribution in [2.24, 2.45) is 0 Å². The second-order valence-electron chi connectivity index (χ2n) is 15.2. The Balaban J connectivity index is 1.14. The standard InChI is InChI=1S/C53H30N4O2/c1-2-13-32(14-3-1)51-54-52(35-23-25-47-42(27-35)38-18-8-10-20-45(38)58-47)56-53(55-51)43-29-36(30-48-49(43)40-19-9-11-21-46(40)59-48)57-44-28-34-16-5-4-15-33(34)26-41(44)39-24-22-31-12-6-7-17-37(31)50(39)57/h1-30H. The Bertz CT molecular complexity index is 3860. The Morgan fingerprint density at radius 2 is 0.983 bits per heavy atom. The minimum atomic E-state index is 0.556. The molecule has 59 heavy (non-hydrogen) atoms. The molecular formula is C53H30N4O2. The number of hydrogen-bond donors (Lipinski definition) is 0. The van der Waals surface area contributed by atoms with Gasteiger partial charge in [0.1, 0.15) is 22.3 Å². The zero-order valence-corrected chi connectivity index (χ0v) is 31.4. The number of fused-ring (bicyclic) bond motifs is 12. The van der Waals surface area contributed by atoms with Gasteiger partial charge in [0.25, 0.3) is 0 Å². The van der Waals surface area contributed by atoms with Crippen LogP contribution in [0.1, 0.15) is 0 Å². The Kier molecular flexibility index (Phi) is 6.63. The predicted molar refractivity (Wildman–Crippen MR) is 240 cm³/mol. The van der Waals surface area contributed by atoms with Crippen molar-refractivity contribution in [2.45, 2.75) is 0 Å². The lowest BCUT2D eigenvalue weighted by Crippen LogP contribution is -2.02. The van der Waals surface area contributed by atoms with E-state index in [0.29, 0.717) is 17.5 Å². The summed E-state index contributed by atoms with van der Waals surface area (Å²) in [4.78, 5) is 15.8. The topological polar surface area (TPSA) is 69.9 Å². The molecule has 0 N–H and O–H groups in total. The zero-order chi connectivity index (χ0) is 38.6. The van der Waals surface area contributed by atoms with E-state index in [1.165, 1.54) is 32.3 Å².